The number of benzene rings is 1. The van der Waals surface area contributed by atoms with Crippen LogP contribution in [-0.2, 0) is 4.79 Å². The van der Waals surface area contributed by atoms with Crippen LogP contribution in [0.3, 0.4) is 0 Å². The van der Waals surface area contributed by atoms with Gasteiger partial charge in [0, 0.05) is 8.59 Å². The number of unbranched alkanes of at least 4 members (excludes halogenated alkanes) is 1. The van der Waals surface area contributed by atoms with E-state index in [0.29, 0.717) is 20.0 Å². The Morgan fingerprint density at radius 1 is 1.40 bits per heavy atom. The molecule has 0 aliphatic heterocycles. The molecule has 7 heteroatoms. The first kappa shape index (κ1) is 17.5. The zero-order valence-corrected chi connectivity index (χ0v) is 14.4. The number of carbonyl (C=O) groups excluding carboxylic acids is 1. The molecule has 0 bridgehead atoms. The van der Waals surface area contributed by atoms with E-state index in [1.807, 2.05) is 29.5 Å². The van der Waals surface area contributed by atoms with E-state index in [1.54, 1.807) is 0 Å². The lowest BCUT2D eigenvalue weighted by Gasteiger charge is -2.15. The van der Waals surface area contributed by atoms with Crippen molar-refractivity contribution in [3.63, 3.8) is 0 Å². The summed E-state index contributed by atoms with van der Waals surface area (Å²) in [4.78, 5) is 23.3. The minimum absolute atomic E-state index is 0.283. The second-order valence-corrected chi connectivity index (χ2v) is 6.18. The maximum absolute atomic E-state index is 12.2. The minimum atomic E-state index is -1.05. The Bertz CT molecular complexity index is 523. The molecule has 0 saturated carbocycles. The van der Waals surface area contributed by atoms with Crippen molar-refractivity contribution < 1.29 is 14.7 Å². The van der Waals surface area contributed by atoms with E-state index in [4.69, 9.17) is 28.3 Å². The third kappa shape index (κ3) is 4.79. The molecule has 1 aromatic carbocycles. The molecule has 110 valence electrons. The van der Waals surface area contributed by atoms with Crippen molar-refractivity contribution in [1.29, 1.82) is 0 Å². The lowest BCUT2D eigenvalue weighted by Crippen LogP contribution is -2.41. The Morgan fingerprint density at radius 3 is 2.60 bits per heavy atom. The van der Waals surface area contributed by atoms with E-state index in [1.165, 1.54) is 12.1 Å². The van der Waals surface area contributed by atoms with Crippen LogP contribution >= 0.6 is 45.8 Å². The van der Waals surface area contributed by atoms with Crippen molar-refractivity contribution in [2.24, 2.45) is 0 Å². The van der Waals surface area contributed by atoms with Crippen LogP contribution in [0.25, 0.3) is 0 Å². The summed E-state index contributed by atoms with van der Waals surface area (Å²) in [6.45, 7) is 1.96. The normalized spacial score (nSPS) is 12.0. The van der Waals surface area contributed by atoms with Crippen molar-refractivity contribution in [1.82, 2.24) is 5.32 Å². The summed E-state index contributed by atoms with van der Waals surface area (Å²) in [7, 11) is 0. The van der Waals surface area contributed by atoms with Crippen molar-refractivity contribution >= 4 is 57.7 Å². The Kier molecular flexibility index (Phi) is 7.05. The summed E-state index contributed by atoms with van der Waals surface area (Å²) in [6.07, 6.45) is 1.98. The number of carbonyl (C=O) groups is 2. The number of aliphatic carboxylic acids is 1. The molecule has 0 aliphatic carbocycles. The largest absolute Gasteiger partial charge is 0.480 e. The topological polar surface area (TPSA) is 66.4 Å². The van der Waals surface area contributed by atoms with Crippen LogP contribution in [0.15, 0.2) is 12.1 Å². The molecule has 0 aliphatic rings. The zero-order chi connectivity index (χ0) is 15.3. The number of nitrogens with one attached hydrogen (secondary N) is 1. The van der Waals surface area contributed by atoms with Gasteiger partial charge in [-0.1, -0.05) is 43.0 Å². The first-order valence-corrected chi connectivity index (χ1v) is 7.88. The molecular formula is C13H14Cl2INO3. The van der Waals surface area contributed by atoms with Gasteiger partial charge in [0.05, 0.1) is 10.6 Å². The quantitative estimate of drug-likeness (QED) is 0.531. The highest BCUT2D eigenvalue weighted by atomic mass is 127. The van der Waals surface area contributed by atoms with E-state index < -0.39 is 17.9 Å². The fourth-order valence-electron chi connectivity index (χ4n) is 1.62. The molecule has 0 heterocycles. The molecule has 4 nitrogen and oxygen atoms in total. The van der Waals surface area contributed by atoms with Gasteiger partial charge in [0.1, 0.15) is 6.04 Å². The lowest BCUT2D eigenvalue weighted by molar-refractivity contribution is -0.139. The average molecular weight is 430 g/mol. The van der Waals surface area contributed by atoms with Gasteiger partial charge >= 0.3 is 5.97 Å². The average Bonchev–Trinajstić information content (AvgIpc) is 2.38. The molecule has 0 fully saturated rings. The fraction of sp³-hybridized carbons (Fsp3) is 0.385. The summed E-state index contributed by atoms with van der Waals surface area (Å²) in [5, 5.41) is 12.3. The van der Waals surface area contributed by atoms with Gasteiger partial charge in [0.2, 0.25) is 0 Å². The van der Waals surface area contributed by atoms with Gasteiger partial charge in [-0.2, -0.15) is 0 Å². The molecule has 0 saturated heterocycles. The van der Waals surface area contributed by atoms with Crippen molar-refractivity contribution in [3.05, 3.63) is 31.3 Å². The monoisotopic (exact) mass is 429 g/mol. The second kappa shape index (κ2) is 8.05. The second-order valence-electron chi connectivity index (χ2n) is 4.26. The molecule has 20 heavy (non-hydrogen) atoms. The van der Waals surface area contributed by atoms with E-state index in [2.05, 4.69) is 5.32 Å². The summed E-state index contributed by atoms with van der Waals surface area (Å²) >= 11 is 13.8. The van der Waals surface area contributed by atoms with Gasteiger partial charge in [0.15, 0.2) is 0 Å². The highest BCUT2D eigenvalue weighted by Gasteiger charge is 2.22. The molecule has 1 amide bonds. The van der Waals surface area contributed by atoms with Crippen LogP contribution in [0, 0.1) is 3.57 Å². The fourth-order valence-corrected chi connectivity index (χ4v) is 2.67. The SMILES string of the molecule is CCCC[C@H](NC(=O)c1cc(Cl)cc(Cl)c1I)C(=O)O. The highest BCUT2D eigenvalue weighted by molar-refractivity contribution is 14.1. The smallest absolute Gasteiger partial charge is 0.326 e. The summed E-state index contributed by atoms with van der Waals surface area (Å²) in [5.41, 5.74) is 0.283. The van der Waals surface area contributed by atoms with E-state index in [0.717, 1.165) is 12.8 Å². The summed E-state index contributed by atoms with van der Waals surface area (Å²) < 4.78 is 0.547. The van der Waals surface area contributed by atoms with E-state index in [9.17, 15) is 9.59 Å². The van der Waals surface area contributed by atoms with Crippen LogP contribution in [0.1, 0.15) is 36.5 Å². The van der Waals surface area contributed by atoms with Crippen molar-refractivity contribution in [3.8, 4) is 0 Å². The molecule has 1 atom stereocenters. The number of rotatable bonds is 6. The first-order valence-electron chi connectivity index (χ1n) is 6.05. The lowest BCUT2D eigenvalue weighted by atomic mass is 10.1. The standard InChI is InChI=1S/C13H14Cl2INO3/c1-2-3-4-10(13(19)20)17-12(18)8-5-7(14)6-9(15)11(8)16/h5-6,10H,2-4H2,1H3,(H,17,18)(H,19,20)/t10-/m0/s1. The zero-order valence-electron chi connectivity index (χ0n) is 10.8. The summed E-state index contributed by atoms with van der Waals surface area (Å²) in [6, 6.07) is 2.10. The maximum atomic E-state index is 12.2. The van der Waals surface area contributed by atoms with E-state index in [-0.39, 0.29) is 5.56 Å². The van der Waals surface area contributed by atoms with Crippen molar-refractivity contribution in [2.75, 3.05) is 0 Å². The number of halogens is 3. The molecular weight excluding hydrogens is 416 g/mol. The first-order chi connectivity index (χ1) is 9.36. The van der Waals surface area contributed by atoms with Gasteiger partial charge in [0.25, 0.3) is 5.91 Å². The molecule has 0 spiro atoms. The minimum Gasteiger partial charge on any atom is -0.480 e. The van der Waals surface area contributed by atoms with Gasteiger partial charge in [-0.25, -0.2) is 4.79 Å². The van der Waals surface area contributed by atoms with Gasteiger partial charge in [-0.3, -0.25) is 4.79 Å². The molecule has 2 N–H and O–H groups in total. The molecule has 0 aromatic heterocycles. The number of hydrogen-bond acceptors (Lipinski definition) is 2. The number of carboxylic acid groups (broad SMARTS) is 1. The number of hydrogen-bond donors (Lipinski definition) is 2. The van der Waals surface area contributed by atoms with Crippen LogP contribution in [0.2, 0.25) is 10.0 Å². The molecule has 0 radical (unpaired) electrons. The van der Waals surface area contributed by atoms with Crippen LogP contribution in [0.5, 0.6) is 0 Å². The molecule has 0 unspecified atom stereocenters. The Morgan fingerprint density at radius 2 is 2.05 bits per heavy atom. The Hall–Kier alpha value is -0.530. The van der Waals surface area contributed by atoms with Crippen molar-refractivity contribution in [2.45, 2.75) is 32.2 Å². The number of amides is 1. The Balaban J connectivity index is 2.92. The maximum Gasteiger partial charge on any atom is 0.326 e. The van der Waals surface area contributed by atoms with Crippen LogP contribution in [-0.4, -0.2) is 23.0 Å². The molecule has 1 aromatic rings. The highest BCUT2D eigenvalue weighted by Crippen LogP contribution is 2.26. The van der Waals surface area contributed by atoms with Crippen LogP contribution < -0.4 is 5.32 Å². The van der Waals surface area contributed by atoms with E-state index >= 15 is 0 Å². The number of carboxylic acids is 1. The molecule has 1 rings (SSSR count). The predicted molar refractivity (Wildman–Crippen MR) is 87.6 cm³/mol. The van der Waals surface area contributed by atoms with Gasteiger partial charge in [-0.15, -0.1) is 0 Å². The van der Waals surface area contributed by atoms with Gasteiger partial charge in [-0.05, 0) is 41.1 Å². The third-order valence-corrected chi connectivity index (χ3v) is 4.68. The van der Waals surface area contributed by atoms with Crippen LogP contribution in [0.4, 0.5) is 0 Å². The Labute approximate surface area is 141 Å². The third-order valence-electron chi connectivity index (χ3n) is 2.69. The predicted octanol–water partition coefficient (Wildman–Crippen LogP) is 3.97. The summed E-state index contributed by atoms with van der Waals surface area (Å²) in [5.74, 6) is -1.53. The van der Waals surface area contributed by atoms with Gasteiger partial charge < -0.3 is 10.4 Å².